The third-order valence-electron chi connectivity index (χ3n) is 8.58. The highest BCUT2D eigenvalue weighted by atomic mass is 15.4. The van der Waals surface area contributed by atoms with Crippen LogP contribution in [0.5, 0.6) is 0 Å². The van der Waals surface area contributed by atoms with E-state index in [1.165, 1.54) is 43.5 Å². The molecule has 0 saturated carbocycles. The number of unbranched alkanes of at least 4 members (excludes halogenated alkanes) is 2. The number of anilines is 1. The summed E-state index contributed by atoms with van der Waals surface area (Å²) in [5.41, 5.74) is 1.86. The van der Waals surface area contributed by atoms with Crippen molar-refractivity contribution in [3.8, 4) is 0 Å². The van der Waals surface area contributed by atoms with E-state index >= 15 is 0 Å². The molecule has 3 nitrogen and oxygen atoms in total. The van der Waals surface area contributed by atoms with Crippen molar-refractivity contribution in [2.75, 3.05) is 24.9 Å². The highest BCUT2D eigenvalue weighted by molar-refractivity contribution is 6.64. The monoisotopic (exact) mass is 384 g/mol. The van der Waals surface area contributed by atoms with E-state index in [0.717, 1.165) is 19.5 Å². The first kappa shape index (κ1) is 21.7. The molecule has 156 valence electrons. The predicted octanol–water partition coefficient (Wildman–Crippen LogP) is 5.38. The van der Waals surface area contributed by atoms with Crippen molar-refractivity contribution >= 4 is 12.8 Å². The van der Waals surface area contributed by atoms with E-state index in [0.29, 0.717) is 6.98 Å². The number of nitrogens with zero attached hydrogens (tertiary/aromatic N) is 3. The SMILES string of the molecule is CCCCCC(C)(C)c1cc[n+]2c(c1)N1CCN(C)B1C(C)(CC)C2(C)CC. The van der Waals surface area contributed by atoms with Gasteiger partial charge in [-0.1, -0.05) is 60.8 Å². The lowest BCUT2D eigenvalue weighted by atomic mass is 9.40. The van der Waals surface area contributed by atoms with Gasteiger partial charge in [-0.05, 0) is 50.3 Å². The van der Waals surface area contributed by atoms with Crippen LogP contribution in [0.15, 0.2) is 18.3 Å². The van der Waals surface area contributed by atoms with Crippen LogP contribution in [0.25, 0.3) is 0 Å². The Morgan fingerprint density at radius 3 is 2.43 bits per heavy atom. The van der Waals surface area contributed by atoms with E-state index in [9.17, 15) is 0 Å². The maximum absolute atomic E-state index is 2.70. The maximum Gasteiger partial charge on any atom is 0.474 e. The molecule has 1 saturated heterocycles. The summed E-state index contributed by atoms with van der Waals surface area (Å²) in [5.74, 6) is 1.44. The summed E-state index contributed by atoms with van der Waals surface area (Å²) in [6.45, 7) is 19.7. The minimum atomic E-state index is 0.127. The fourth-order valence-electron chi connectivity index (χ4n) is 6.02. The molecule has 2 atom stereocenters. The molecule has 2 aliphatic rings. The van der Waals surface area contributed by atoms with Crippen LogP contribution >= 0.6 is 0 Å². The third kappa shape index (κ3) is 3.11. The van der Waals surface area contributed by atoms with Gasteiger partial charge in [0.15, 0.2) is 0 Å². The Morgan fingerprint density at radius 2 is 1.82 bits per heavy atom. The quantitative estimate of drug-likeness (QED) is 0.355. The molecule has 2 aliphatic heterocycles. The minimum Gasteiger partial charge on any atom is -0.308 e. The molecule has 1 fully saturated rings. The van der Waals surface area contributed by atoms with Crippen molar-refractivity contribution in [1.29, 1.82) is 0 Å². The summed E-state index contributed by atoms with van der Waals surface area (Å²) in [6.07, 6.45) is 9.99. The first-order chi connectivity index (χ1) is 13.2. The van der Waals surface area contributed by atoms with Crippen LogP contribution in [-0.4, -0.2) is 31.9 Å². The minimum absolute atomic E-state index is 0.127. The Bertz CT molecular complexity index is 703. The number of hydrogen-bond donors (Lipinski definition) is 0. The number of fused-ring (bicyclic) bond motifs is 3. The van der Waals surface area contributed by atoms with Crippen molar-refractivity contribution in [3.63, 3.8) is 0 Å². The van der Waals surface area contributed by atoms with Gasteiger partial charge in [0.1, 0.15) is 5.54 Å². The molecule has 0 amide bonds. The Kier molecular flexibility index (Phi) is 5.93. The van der Waals surface area contributed by atoms with E-state index in [1.54, 1.807) is 0 Å². The molecule has 0 radical (unpaired) electrons. The van der Waals surface area contributed by atoms with Crippen LogP contribution in [0, 0.1) is 0 Å². The van der Waals surface area contributed by atoms with Gasteiger partial charge in [-0.25, -0.2) is 4.57 Å². The fourth-order valence-corrected chi connectivity index (χ4v) is 6.02. The standard InChI is InChI=1S/C24H43BN3/c1-9-12-13-15-22(4,5)20-14-16-27-21(19-20)28-18-17-26(8)25(28)23(6,10-2)24(27,7)11-3/h14,16,19H,9-13,15,17-18H2,1-8H3/q+1. The summed E-state index contributed by atoms with van der Waals surface area (Å²) in [7, 11) is 2.32. The lowest BCUT2D eigenvalue weighted by Crippen LogP contribution is -2.74. The Hall–Kier alpha value is -1.03. The molecule has 3 heterocycles. The van der Waals surface area contributed by atoms with E-state index < -0.39 is 0 Å². The number of aromatic nitrogens is 1. The van der Waals surface area contributed by atoms with Crippen molar-refractivity contribution in [2.45, 2.75) is 103 Å². The van der Waals surface area contributed by atoms with Gasteiger partial charge in [0.25, 0.3) is 5.82 Å². The molecule has 4 heteroatoms. The second kappa shape index (κ2) is 7.67. The lowest BCUT2D eigenvalue weighted by molar-refractivity contribution is -0.759. The van der Waals surface area contributed by atoms with Crippen molar-refractivity contribution in [2.24, 2.45) is 0 Å². The van der Waals surface area contributed by atoms with Gasteiger partial charge < -0.3 is 4.81 Å². The van der Waals surface area contributed by atoms with Crippen molar-refractivity contribution in [1.82, 2.24) is 4.81 Å². The smallest absolute Gasteiger partial charge is 0.308 e. The summed E-state index contributed by atoms with van der Waals surface area (Å²) < 4.78 is 2.62. The van der Waals surface area contributed by atoms with E-state index in [2.05, 4.69) is 88.0 Å². The van der Waals surface area contributed by atoms with Crippen LogP contribution in [-0.2, 0) is 11.0 Å². The van der Waals surface area contributed by atoms with Crippen LogP contribution in [0.3, 0.4) is 0 Å². The van der Waals surface area contributed by atoms with Crippen molar-refractivity contribution in [3.05, 3.63) is 23.9 Å². The molecule has 0 N–H and O–H groups in total. The van der Waals surface area contributed by atoms with Gasteiger partial charge in [-0.3, -0.25) is 4.81 Å². The van der Waals surface area contributed by atoms with Crippen LogP contribution in [0.2, 0.25) is 5.31 Å². The number of hydrogen-bond acceptors (Lipinski definition) is 2. The zero-order valence-corrected chi connectivity index (χ0v) is 19.8. The van der Waals surface area contributed by atoms with Crippen LogP contribution in [0.4, 0.5) is 5.82 Å². The first-order valence-corrected chi connectivity index (χ1v) is 11.7. The Morgan fingerprint density at radius 1 is 1.11 bits per heavy atom. The number of rotatable bonds is 7. The van der Waals surface area contributed by atoms with E-state index in [4.69, 9.17) is 0 Å². The van der Waals surface area contributed by atoms with Gasteiger partial charge in [0.05, 0.1) is 18.1 Å². The summed E-state index contributed by atoms with van der Waals surface area (Å²) >= 11 is 0. The van der Waals surface area contributed by atoms with Gasteiger partial charge >= 0.3 is 6.98 Å². The summed E-state index contributed by atoms with van der Waals surface area (Å²) in [5, 5.41) is 0.225. The molecule has 2 unspecified atom stereocenters. The van der Waals surface area contributed by atoms with E-state index in [1.807, 2.05) is 0 Å². The molecule has 1 aromatic rings. The molecule has 0 spiro atoms. The van der Waals surface area contributed by atoms with E-state index in [-0.39, 0.29) is 16.3 Å². The topological polar surface area (TPSA) is 10.4 Å². The molecule has 0 aliphatic carbocycles. The van der Waals surface area contributed by atoms with Gasteiger partial charge in [0.2, 0.25) is 0 Å². The lowest BCUT2D eigenvalue weighted by Gasteiger charge is -2.51. The third-order valence-corrected chi connectivity index (χ3v) is 8.58. The van der Waals surface area contributed by atoms with Crippen LogP contribution < -0.4 is 9.38 Å². The highest BCUT2D eigenvalue weighted by Crippen LogP contribution is 2.54. The zero-order valence-electron chi connectivity index (χ0n) is 19.8. The highest BCUT2D eigenvalue weighted by Gasteiger charge is 2.67. The first-order valence-electron chi connectivity index (χ1n) is 11.7. The fraction of sp³-hybridized carbons (Fsp3) is 0.792. The normalized spacial score (nSPS) is 27.9. The second-order valence-electron chi connectivity index (χ2n) is 10.4. The molecule has 0 aromatic carbocycles. The van der Waals surface area contributed by atoms with Crippen LogP contribution in [0.1, 0.15) is 92.6 Å². The Balaban J connectivity index is 2.10. The number of pyridine rings is 1. The molecule has 1 aromatic heterocycles. The number of likely N-dealkylation sites (N-methyl/N-ethyl adjacent to an activating group) is 1. The molecular formula is C24H43BN3+. The van der Waals surface area contributed by atoms with Gasteiger partial charge in [-0.2, -0.15) is 0 Å². The van der Waals surface area contributed by atoms with Crippen molar-refractivity contribution < 1.29 is 4.57 Å². The zero-order chi connectivity index (χ0) is 20.7. The predicted molar refractivity (Wildman–Crippen MR) is 122 cm³/mol. The summed E-state index contributed by atoms with van der Waals surface area (Å²) in [4.78, 5) is 5.30. The Labute approximate surface area is 174 Å². The molecule has 3 rings (SSSR count). The molecule has 28 heavy (non-hydrogen) atoms. The largest absolute Gasteiger partial charge is 0.474 e. The molecular weight excluding hydrogens is 341 g/mol. The maximum atomic E-state index is 2.70. The summed E-state index contributed by atoms with van der Waals surface area (Å²) in [6, 6.07) is 4.95. The average molecular weight is 384 g/mol. The van der Waals surface area contributed by atoms with Gasteiger partial charge in [-0.15, -0.1) is 0 Å². The molecule has 0 bridgehead atoms. The van der Waals surface area contributed by atoms with Gasteiger partial charge in [0, 0.05) is 12.6 Å². The second-order valence-corrected chi connectivity index (χ2v) is 10.4. The average Bonchev–Trinajstić information content (AvgIpc) is 3.08.